The lowest BCUT2D eigenvalue weighted by Crippen LogP contribution is -2.50. The lowest BCUT2D eigenvalue weighted by Gasteiger charge is -2.38. The first-order chi connectivity index (χ1) is 8.79. The molecule has 18 heavy (non-hydrogen) atoms. The van der Waals surface area contributed by atoms with Gasteiger partial charge >= 0.3 is 0 Å². The lowest BCUT2D eigenvalue weighted by atomic mass is 9.90. The summed E-state index contributed by atoms with van der Waals surface area (Å²) in [5.74, 6) is 1.96. The van der Waals surface area contributed by atoms with Crippen molar-refractivity contribution in [2.24, 2.45) is 17.8 Å². The van der Waals surface area contributed by atoms with E-state index >= 15 is 0 Å². The number of carbonyl (C=O) groups excluding carboxylic acids is 1. The third kappa shape index (κ3) is 2.09. The number of allylic oxidation sites excluding steroid dienone is 2. The molecule has 0 aromatic carbocycles. The number of hydrogen-bond acceptors (Lipinski definition) is 2. The van der Waals surface area contributed by atoms with Crippen molar-refractivity contribution >= 4 is 5.91 Å². The summed E-state index contributed by atoms with van der Waals surface area (Å²) in [5.41, 5.74) is 0. The molecular weight excluding hydrogens is 224 g/mol. The van der Waals surface area contributed by atoms with Gasteiger partial charge in [-0.15, -0.1) is 0 Å². The summed E-state index contributed by atoms with van der Waals surface area (Å²) in [6.45, 7) is 1.92. The van der Waals surface area contributed by atoms with Gasteiger partial charge in [-0.3, -0.25) is 4.79 Å². The van der Waals surface area contributed by atoms with E-state index < -0.39 is 0 Å². The molecule has 0 aromatic heterocycles. The molecule has 1 N–H and O–H groups in total. The van der Waals surface area contributed by atoms with Crippen LogP contribution in [0.25, 0.3) is 0 Å². The van der Waals surface area contributed by atoms with Gasteiger partial charge in [-0.1, -0.05) is 12.2 Å². The van der Waals surface area contributed by atoms with Crippen LogP contribution in [0.3, 0.4) is 0 Å². The summed E-state index contributed by atoms with van der Waals surface area (Å²) < 4.78 is 0. The Labute approximate surface area is 110 Å². The number of nitrogens with zero attached hydrogens (tertiary/aromatic N) is 1. The van der Waals surface area contributed by atoms with Crippen LogP contribution in [0.15, 0.2) is 12.2 Å². The van der Waals surface area contributed by atoms with Crippen molar-refractivity contribution in [2.45, 2.75) is 38.1 Å². The summed E-state index contributed by atoms with van der Waals surface area (Å²) in [4.78, 5) is 14.9. The molecule has 0 aromatic rings. The number of likely N-dealkylation sites (N-methyl/N-ethyl adjacent to an activating group) is 1. The monoisotopic (exact) mass is 248 g/mol. The second-order valence-electron chi connectivity index (χ2n) is 6.13. The molecule has 4 atom stereocenters. The van der Waals surface area contributed by atoms with Gasteiger partial charge in [-0.2, -0.15) is 0 Å². The summed E-state index contributed by atoms with van der Waals surface area (Å²) in [6.07, 6.45) is 10.5. The molecule has 1 aliphatic heterocycles. The van der Waals surface area contributed by atoms with E-state index in [1.54, 1.807) is 0 Å². The fourth-order valence-electron chi connectivity index (χ4n) is 4.02. The van der Waals surface area contributed by atoms with E-state index in [1.807, 2.05) is 7.05 Å². The number of amides is 1. The Balaban J connectivity index is 1.68. The molecule has 3 heteroatoms. The maximum Gasteiger partial charge on any atom is 0.226 e. The lowest BCUT2D eigenvalue weighted by molar-refractivity contribution is -0.140. The quantitative estimate of drug-likeness (QED) is 0.772. The van der Waals surface area contributed by atoms with Crippen molar-refractivity contribution in [1.82, 2.24) is 10.2 Å². The molecule has 2 fully saturated rings. The van der Waals surface area contributed by atoms with Crippen LogP contribution in [-0.4, -0.2) is 37.0 Å². The van der Waals surface area contributed by atoms with Gasteiger partial charge in [0.15, 0.2) is 0 Å². The highest BCUT2D eigenvalue weighted by Crippen LogP contribution is 2.44. The average molecular weight is 248 g/mol. The minimum atomic E-state index is 0.289. The zero-order chi connectivity index (χ0) is 12.5. The molecule has 3 rings (SSSR count). The van der Waals surface area contributed by atoms with Gasteiger partial charge in [0.2, 0.25) is 5.91 Å². The molecule has 0 radical (unpaired) electrons. The van der Waals surface area contributed by atoms with Crippen LogP contribution >= 0.6 is 0 Å². The van der Waals surface area contributed by atoms with Crippen LogP contribution in [0.4, 0.5) is 0 Å². The molecule has 1 amide bonds. The van der Waals surface area contributed by atoms with Crippen molar-refractivity contribution in [2.75, 3.05) is 20.1 Å². The van der Waals surface area contributed by atoms with E-state index in [-0.39, 0.29) is 5.92 Å². The topological polar surface area (TPSA) is 32.3 Å². The molecular formula is C15H24N2O. The highest BCUT2D eigenvalue weighted by atomic mass is 16.2. The standard InChI is InChI=1S/C15H24N2O/c1-16-10-13-4-2-3-7-17(13)15(18)14-9-11-5-6-12(14)8-11/h5-6,11-14,16H,2-4,7-10H2,1H3. The van der Waals surface area contributed by atoms with Crippen LogP contribution in [0.2, 0.25) is 0 Å². The number of fused-ring (bicyclic) bond motifs is 2. The molecule has 0 spiro atoms. The number of likely N-dealkylation sites (tertiary alicyclic amines) is 1. The van der Waals surface area contributed by atoms with E-state index in [1.165, 1.54) is 25.7 Å². The first-order valence-electron chi connectivity index (χ1n) is 7.43. The van der Waals surface area contributed by atoms with Crippen molar-refractivity contribution in [3.63, 3.8) is 0 Å². The Kier molecular flexibility index (Phi) is 3.42. The summed E-state index contributed by atoms with van der Waals surface area (Å²) in [5, 5.41) is 3.24. The smallest absolute Gasteiger partial charge is 0.226 e. The first-order valence-corrected chi connectivity index (χ1v) is 7.43. The Hall–Kier alpha value is -0.830. The molecule has 2 aliphatic carbocycles. The van der Waals surface area contributed by atoms with E-state index in [2.05, 4.69) is 22.4 Å². The third-order valence-electron chi connectivity index (χ3n) is 4.95. The van der Waals surface area contributed by atoms with Gasteiger partial charge in [0.25, 0.3) is 0 Å². The third-order valence-corrected chi connectivity index (χ3v) is 4.95. The zero-order valence-electron chi connectivity index (χ0n) is 11.3. The van der Waals surface area contributed by atoms with Crippen molar-refractivity contribution in [3.05, 3.63) is 12.2 Å². The molecule has 2 bridgehead atoms. The molecule has 4 unspecified atom stereocenters. The summed E-state index contributed by atoms with van der Waals surface area (Å²) >= 11 is 0. The predicted octanol–water partition coefficient (Wildman–Crippen LogP) is 1.80. The van der Waals surface area contributed by atoms with Gasteiger partial charge in [0, 0.05) is 25.0 Å². The highest BCUT2D eigenvalue weighted by Gasteiger charge is 2.42. The maximum absolute atomic E-state index is 12.7. The van der Waals surface area contributed by atoms with Gasteiger partial charge < -0.3 is 10.2 Å². The highest BCUT2D eigenvalue weighted by molar-refractivity contribution is 5.80. The molecule has 1 saturated carbocycles. The van der Waals surface area contributed by atoms with Gasteiger partial charge in [0.05, 0.1) is 0 Å². The molecule has 1 saturated heterocycles. The molecule has 1 heterocycles. The zero-order valence-corrected chi connectivity index (χ0v) is 11.3. The van der Waals surface area contributed by atoms with Gasteiger partial charge in [-0.25, -0.2) is 0 Å². The molecule has 100 valence electrons. The van der Waals surface area contributed by atoms with Crippen LogP contribution < -0.4 is 5.32 Å². The summed E-state index contributed by atoms with van der Waals surface area (Å²) in [7, 11) is 1.98. The van der Waals surface area contributed by atoms with Crippen molar-refractivity contribution in [1.29, 1.82) is 0 Å². The van der Waals surface area contributed by atoms with Crippen molar-refractivity contribution < 1.29 is 4.79 Å². The number of piperidine rings is 1. The number of nitrogens with one attached hydrogen (secondary N) is 1. The van der Waals surface area contributed by atoms with Crippen LogP contribution in [0, 0.1) is 17.8 Å². The Morgan fingerprint density at radius 3 is 2.89 bits per heavy atom. The number of rotatable bonds is 3. The normalized spacial score (nSPS) is 38.4. The Morgan fingerprint density at radius 1 is 1.33 bits per heavy atom. The van der Waals surface area contributed by atoms with Crippen LogP contribution in [0.5, 0.6) is 0 Å². The largest absolute Gasteiger partial charge is 0.338 e. The minimum absolute atomic E-state index is 0.289. The van der Waals surface area contributed by atoms with E-state index in [9.17, 15) is 4.79 Å². The number of hydrogen-bond donors (Lipinski definition) is 1. The second-order valence-corrected chi connectivity index (χ2v) is 6.13. The van der Waals surface area contributed by atoms with E-state index in [4.69, 9.17) is 0 Å². The Bertz CT molecular complexity index is 350. The first kappa shape index (κ1) is 12.2. The average Bonchev–Trinajstić information content (AvgIpc) is 3.01. The predicted molar refractivity (Wildman–Crippen MR) is 72.1 cm³/mol. The fourth-order valence-corrected chi connectivity index (χ4v) is 4.02. The minimum Gasteiger partial charge on any atom is -0.338 e. The fraction of sp³-hybridized carbons (Fsp3) is 0.800. The molecule has 3 nitrogen and oxygen atoms in total. The SMILES string of the molecule is CNCC1CCCCN1C(=O)C1CC2C=CC1C2. The van der Waals surface area contributed by atoms with Crippen LogP contribution in [0.1, 0.15) is 32.1 Å². The van der Waals surface area contributed by atoms with E-state index in [0.717, 1.165) is 19.5 Å². The van der Waals surface area contributed by atoms with Gasteiger partial charge in [0.1, 0.15) is 0 Å². The van der Waals surface area contributed by atoms with Crippen LogP contribution in [-0.2, 0) is 4.79 Å². The maximum atomic E-state index is 12.7. The summed E-state index contributed by atoms with van der Waals surface area (Å²) in [6, 6.07) is 0.430. The second kappa shape index (κ2) is 5.04. The number of carbonyl (C=O) groups is 1. The Morgan fingerprint density at radius 2 is 2.22 bits per heavy atom. The van der Waals surface area contributed by atoms with Gasteiger partial charge in [-0.05, 0) is 51.0 Å². The molecule has 3 aliphatic rings. The van der Waals surface area contributed by atoms with E-state index in [0.29, 0.717) is 23.8 Å². The van der Waals surface area contributed by atoms with Crippen molar-refractivity contribution in [3.8, 4) is 0 Å².